The van der Waals surface area contributed by atoms with Crippen molar-refractivity contribution >= 4 is 54.0 Å². The molecule has 0 unspecified atom stereocenters. The van der Waals surface area contributed by atoms with Crippen LogP contribution in [0.4, 0.5) is 17.1 Å². The predicted molar refractivity (Wildman–Crippen MR) is 241 cm³/mol. The van der Waals surface area contributed by atoms with Crippen molar-refractivity contribution in [1.29, 1.82) is 0 Å². The Hall–Kier alpha value is -4.52. The lowest BCUT2D eigenvalue weighted by Gasteiger charge is -2.37. The number of anilines is 3. The van der Waals surface area contributed by atoms with Gasteiger partial charge in [-0.15, -0.1) is 0 Å². The largest absolute Gasteiger partial charge is 0.497 e. The molecular weight excluding hydrogens is 785 g/mol. The Morgan fingerprint density at radius 3 is 2.13 bits per heavy atom. The summed E-state index contributed by atoms with van der Waals surface area (Å²) in [6, 6.07) is 22.0. The molecule has 1 N–H and O–H groups in total. The molecule has 3 aromatic carbocycles. The van der Waals surface area contributed by atoms with Crippen LogP contribution in [0, 0.1) is 5.92 Å². The molecule has 4 fully saturated rings. The van der Waals surface area contributed by atoms with Gasteiger partial charge in [0.1, 0.15) is 5.75 Å². The van der Waals surface area contributed by atoms with Gasteiger partial charge in [-0.25, -0.2) is 0 Å². The van der Waals surface area contributed by atoms with E-state index < -0.39 is 19.8 Å². The number of hydrogen-bond acceptors (Lipinski definition) is 7. The minimum Gasteiger partial charge on any atom is -0.497 e. The van der Waals surface area contributed by atoms with Crippen LogP contribution >= 0.6 is 0 Å². The highest BCUT2D eigenvalue weighted by atomic mass is 28.3. The lowest BCUT2D eigenvalue weighted by molar-refractivity contribution is -0.150. The molecular formula is C49H64N4O7Si. The van der Waals surface area contributed by atoms with Crippen molar-refractivity contribution in [3.05, 3.63) is 77.9 Å². The van der Waals surface area contributed by atoms with Crippen molar-refractivity contribution < 1.29 is 33.8 Å². The molecule has 4 amide bonds. The Bertz CT molecular complexity index is 2110. The maximum atomic E-state index is 15.8. The van der Waals surface area contributed by atoms with E-state index in [1.165, 1.54) is 5.19 Å². The summed E-state index contributed by atoms with van der Waals surface area (Å²) in [7, 11) is -0.908. The van der Waals surface area contributed by atoms with E-state index in [9.17, 15) is 19.5 Å². The molecule has 326 valence electrons. The number of aliphatic hydroxyl groups excluding tert-OH is 1. The fourth-order valence-corrected chi connectivity index (χ4v) is 15.4. The van der Waals surface area contributed by atoms with Crippen LogP contribution in [0.1, 0.15) is 102 Å². The van der Waals surface area contributed by atoms with E-state index in [0.717, 1.165) is 98.1 Å². The first-order chi connectivity index (χ1) is 29.5. The van der Waals surface area contributed by atoms with Crippen molar-refractivity contribution in [3.8, 4) is 5.75 Å². The normalized spacial score (nSPS) is 26.3. The van der Waals surface area contributed by atoms with Crippen LogP contribution in [0.15, 0.2) is 66.7 Å². The molecule has 0 bridgehead atoms. The van der Waals surface area contributed by atoms with Crippen molar-refractivity contribution in [2.24, 2.45) is 5.92 Å². The number of aliphatic hydroxyl groups is 1. The smallest absolute Gasteiger partial charge is 0.264 e. The number of rotatable bonds is 10. The zero-order valence-electron chi connectivity index (χ0n) is 36.6. The Labute approximate surface area is 362 Å². The molecule has 5 aliphatic rings. The first kappa shape index (κ1) is 43.1. The van der Waals surface area contributed by atoms with Gasteiger partial charge in [-0.05, 0) is 92.1 Å². The number of ether oxygens (including phenoxy) is 2. The first-order valence-corrected chi connectivity index (χ1v) is 25.9. The van der Waals surface area contributed by atoms with Gasteiger partial charge in [0.05, 0.1) is 52.6 Å². The van der Waals surface area contributed by atoms with E-state index in [1.54, 1.807) is 7.11 Å². The molecule has 8 rings (SSSR count). The van der Waals surface area contributed by atoms with Crippen molar-refractivity contribution in [2.75, 3.05) is 48.1 Å². The second-order valence-corrected chi connectivity index (χ2v) is 23.3. The molecule has 1 spiro atoms. The van der Waals surface area contributed by atoms with Crippen LogP contribution in [-0.4, -0.2) is 87.2 Å². The van der Waals surface area contributed by atoms with E-state index in [2.05, 4.69) is 32.2 Å². The lowest BCUT2D eigenvalue weighted by atomic mass is 9.82. The topological polar surface area (TPSA) is 120 Å². The van der Waals surface area contributed by atoms with Gasteiger partial charge in [0.15, 0.2) is 5.60 Å². The molecule has 0 aliphatic carbocycles. The molecule has 3 aromatic rings. The summed E-state index contributed by atoms with van der Waals surface area (Å²) in [5, 5.41) is 11.4. The zero-order chi connectivity index (χ0) is 42.9. The van der Waals surface area contributed by atoms with Crippen LogP contribution in [0.3, 0.4) is 0 Å². The van der Waals surface area contributed by atoms with Crippen LogP contribution in [0.5, 0.6) is 5.75 Å². The molecule has 61 heavy (non-hydrogen) atoms. The van der Waals surface area contributed by atoms with Gasteiger partial charge in [-0.2, -0.15) is 0 Å². The molecule has 0 radical (unpaired) electrons. The average Bonchev–Trinajstić information content (AvgIpc) is 3.91. The Kier molecular flexibility index (Phi) is 12.8. The standard InChI is InChI=1S/C49H64N4O7Si/c1-34-47(61(3,4)40-23-21-39(59-2)22-24-40)43(31-46(57)52-28-14-17-38(52)33-54)60-49(34)41-30-37(51-27-12-8-6-10-19-45(51)56)20-25-42(41)53(48(49)58)32-35-15-13-16-36(29-35)50-26-11-7-5-9-18-44(50)55/h13,15-16,20-25,29-30,34,38,43,47,54H,5-12,14,17-19,26-28,31-33H2,1-4H3/t34-,38+,43+,47-,49+/m1/s1. The quantitative estimate of drug-likeness (QED) is 0.211. The molecule has 0 aromatic heterocycles. The predicted octanol–water partition coefficient (Wildman–Crippen LogP) is 7.43. The molecule has 5 aliphatic heterocycles. The number of amides is 4. The fourth-order valence-electron chi connectivity index (χ4n) is 11.3. The molecule has 12 heteroatoms. The van der Waals surface area contributed by atoms with Gasteiger partial charge in [0, 0.05) is 55.3 Å². The third kappa shape index (κ3) is 8.16. The van der Waals surface area contributed by atoms with Crippen molar-refractivity contribution in [2.45, 2.75) is 133 Å². The number of benzene rings is 3. The van der Waals surface area contributed by atoms with E-state index in [1.807, 2.05) is 74.2 Å². The number of carbonyl (C=O) groups excluding carboxylic acids is 4. The number of likely N-dealkylation sites (tertiary alicyclic amines) is 1. The Morgan fingerprint density at radius 2 is 1.48 bits per heavy atom. The van der Waals surface area contributed by atoms with Crippen molar-refractivity contribution in [3.63, 3.8) is 0 Å². The van der Waals surface area contributed by atoms with E-state index in [0.29, 0.717) is 32.5 Å². The second kappa shape index (κ2) is 18.1. The second-order valence-electron chi connectivity index (χ2n) is 18.6. The SMILES string of the molecule is COc1ccc([Si](C)(C)[C@H]2[C@H](CC(=O)N3CCC[C@H]3CO)O[C@@]3(C(=O)N(Cc4cccc(N5CCCCCCC5=O)c4)c4ccc(N5CCCCCCC5=O)cc43)[C@@H]2C)cc1. The molecule has 0 saturated carbocycles. The minimum atomic E-state index is -2.56. The minimum absolute atomic E-state index is 0.0617. The number of carbonyl (C=O) groups is 4. The third-order valence-electron chi connectivity index (χ3n) is 14.6. The van der Waals surface area contributed by atoms with Crippen LogP contribution < -0.4 is 24.6 Å². The summed E-state index contributed by atoms with van der Waals surface area (Å²) < 4.78 is 13.0. The number of methoxy groups -OCH3 is 1. The monoisotopic (exact) mass is 848 g/mol. The summed E-state index contributed by atoms with van der Waals surface area (Å²) in [5.74, 6) is 0.400. The highest BCUT2D eigenvalue weighted by Crippen LogP contribution is 2.60. The molecule has 5 atom stereocenters. The maximum Gasteiger partial charge on any atom is 0.264 e. The third-order valence-corrected chi connectivity index (χ3v) is 19.0. The Balaban J connectivity index is 1.23. The van der Waals surface area contributed by atoms with Crippen molar-refractivity contribution in [1.82, 2.24) is 4.90 Å². The van der Waals surface area contributed by atoms with Crippen LogP contribution in [0.2, 0.25) is 18.6 Å². The van der Waals surface area contributed by atoms with Gasteiger partial charge < -0.3 is 34.2 Å². The van der Waals surface area contributed by atoms with E-state index in [-0.39, 0.29) is 60.7 Å². The van der Waals surface area contributed by atoms with Gasteiger partial charge in [-0.1, -0.05) is 75.2 Å². The molecule has 4 saturated heterocycles. The zero-order valence-corrected chi connectivity index (χ0v) is 37.6. The number of hydrogen-bond donors (Lipinski definition) is 1. The van der Waals surface area contributed by atoms with Gasteiger partial charge >= 0.3 is 0 Å². The highest BCUT2D eigenvalue weighted by molar-refractivity contribution is 6.91. The lowest BCUT2D eigenvalue weighted by Crippen LogP contribution is -2.52. The summed E-state index contributed by atoms with van der Waals surface area (Å²) in [5.41, 5.74) is 2.39. The number of nitrogens with zero attached hydrogens (tertiary/aromatic N) is 4. The van der Waals surface area contributed by atoms with Crippen LogP contribution in [0.25, 0.3) is 0 Å². The molecule has 5 heterocycles. The van der Waals surface area contributed by atoms with Gasteiger partial charge in [0.2, 0.25) is 17.7 Å². The summed E-state index contributed by atoms with van der Waals surface area (Å²) >= 11 is 0. The summed E-state index contributed by atoms with van der Waals surface area (Å²) in [4.78, 5) is 64.6. The first-order valence-electron chi connectivity index (χ1n) is 22.9. The van der Waals surface area contributed by atoms with E-state index >= 15 is 4.79 Å². The molecule has 11 nitrogen and oxygen atoms in total. The van der Waals surface area contributed by atoms with Crippen LogP contribution in [-0.2, 0) is 36.1 Å². The Morgan fingerprint density at radius 1 is 0.820 bits per heavy atom. The van der Waals surface area contributed by atoms with Gasteiger partial charge in [0.25, 0.3) is 5.91 Å². The average molecular weight is 849 g/mol. The van der Waals surface area contributed by atoms with Gasteiger partial charge in [-0.3, -0.25) is 19.2 Å². The van der Waals surface area contributed by atoms with E-state index in [4.69, 9.17) is 9.47 Å². The highest BCUT2D eigenvalue weighted by Gasteiger charge is 2.66. The maximum absolute atomic E-state index is 15.8. The summed E-state index contributed by atoms with van der Waals surface area (Å²) in [6.07, 6.45) is 9.99. The summed E-state index contributed by atoms with van der Waals surface area (Å²) in [6.45, 7) is 8.81. The fraction of sp³-hybridized carbons (Fsp3) is 0.551. The number of fused-ring (bicyclic) bond motifs is 2.